The van der Waals surface area contributed by atoms with Crippen molar-refractivity contribution < 1.29 is 4.79 Å². The summed E-state index contributed by atoms with van der Waals surface area (Å²) in [6, 6.07) is 8.63. The van der Waals surface area contributed by atoms with E-state index in [9.17, 15) is 4.79 Å². The van der Waals surface area contributed by atoms with Crippen molar-refractivity contribution in [2.24, 2.45) is 5.92 Å². The maximum atomic E-state index is 11.6. The Morgan fingerprint density at radius 2 is 2.19 bits per heavy atom. The molecule has 0 radical (unpaired) electrons. The molecule has 16 heavy (non-hydrogen) atoms. The number of ketones is 1. The summed E-state index contributed by atoms with van der Waals surface area (Å²) >= 11 is 3.76. The third-order valence-electron chi connectivity index (χ3n) is 3.28. The SMILES string of the molecule is O=C1CSCC1CC1Cc2ccccc2S1. The van der Waals surface area contributed by atoms with Crippen LogP contribution in [-0.4, -0.2) is 22.5 Å². The molecule has 0 aromatic heterocycles. The molecule has 1 fully saturated rings. The summed E-state index contributed by atoms with van der Waals surface area (Å²) < 4.78 is 0. The average Bonchev–Trinajstić information content (AvgIpc) is 2.85. The van der Waals surface area contributed by atoms with Crippen molar-refractivity contribution in [1.29, 1.82) is 0 Å². The van der Waals surface area contributed by atoms with Gasteiger partial charge in [-0.15, -0.1) is 11.8 Å². The number of hydrogen-bond donors (Lipinski definition) is 0. The van der Waals surface area contributed by atoms with Gasteiger partial charge in [0.1, 0.15) is 5.78 Å². The lowest BCUT2D eigenvalue weighted by Gasteiger charge is -2.12. The minimum Gasteiger partial charge on any atom is -0.298 e. The summed E-state index contributed by atoms with van der Waals surface area (Å²) in [4.78, 5) is 13.0. The van der Waals surface area contributed by atoms with Gasteiger partial charge in [-0.3, -0.25) is 4.79 Å². The monoisotopic (exact) mass is 250 g/mol. The second-order valence-electron chi connectivity index (χ2n) is 4.47. The van der Waals surface area contributed by atoms with Gasteiger partial charge in [-0.2, -0.15) is 11.8 Å². The van der Waals surface area contributed by atoms with E-state index in [-0.39, 0.29) is 0 Å². The van der Waals surface area contributed by atoms with Crippen LogP contribution in [-0.2, 0) is 11.2 Å². The normalized spacial score (nSPS) is 28.4. The van der Waals surface area contributed by atoms with Gasteiger partial charge in [-0.25, -0.2) is 0 Å². The van der Waals surface area contributed by atoms with Crippen LogP contribution < -0.4 is 0 Å². The molecule has 1 aromatic carbocycles. The van der Waals surface area contributed by atoms with Crippen molar-refractivity contribution in [3.05, 3.63) is 29.8 Å². The lowest BCUT2D eigenvalue weighted by Crippen LogP contribution is -2.17. The second-order valence-corrected chi connectivity index (χ2v) is 6.84. The highest BCUT2D eigenvalue weighted by Gasteiger charge is 2.30. The minimum absolute atomic E-state index is 0.330. The van der Waals surface area contributed by atoms with Gasteiger partial charge in [0.15, 0.2) is 0 Å². The Hall–Kier alpha value is -0.410. The molecule has 3 rings (SSSR count). The van der Waals surface area contributed by atoms with Crippen LogP contribution >= 0.6 is 23.5 Å². The van der Waals surface area contributed by atoms with Crippen LogP contribution in [0.1, 0.15) is 12.0 Å². The van der Waals surface area contributed by atoms with Gasteiger partial charge in [0, 0.05) is 21.8 Å². The molecule has 0 saturated carbocycles. The van der Waals surface area contributed by atoms with E-state index in [0.717, 1.165) is 24.3 Å². The molecule has 2 aliphatic heterocycles. The Kier molecular flexibility index (Phi) is 2.99. The van der Waals surface area contributed by atoms with E-state index < -0.39 is 0 Å². The number of benzene rings is 1. The molecule has 0 amide bonds. The number of fused-ring (bicyclic) bond motifs is 1. The van der Waals surface area contributed by atoms with Crippen LogP contribution in [0.3, 0.4) is 0 Å². The molecule has 84 valence electrons. The van der Waals surface area contributed by atoms with Gasteiger partial charge in [0.25, 0.3) is 0 Å². The molecule has 1 nitrogen and oxygen atoms in total. The highest BCUT2D eigenvalue weighted by molar-refractivity contribution is 8.00. The highest BCUT2D eigenvalue weighted by atomic mass is 32.2. The van der Waals surface area contributed by atoms with Gasteiger partial charge >= 0.3 is 0 Å². The largest absolute Gasteiger partial charge is 0.298 e. The predicted molar refractivity (Wildman–Crippen MR) is 70.2 cm³/mol. The lowest BCUT2D eigenvalue weighted by atomic mass is 9.98. The van der Waals surface area contributed by atoms with Gasteiger partial charge in [0.05, 0.1) is 5.75 Å². The van der Waals surface area contributed by atoms with Crippen molar-refractivity contribution in [3.8, 4) is 0 Å². The molecular formula is C13H14OS2. The Bertz CT molecular complexity index is 391. The minimum atomic E-state index is 0.330. The number of hydrogen-bond acceptors (Lipinski definition) is 3. The van der Waals surface area contributed by atoms with Crippen LogP contribution in [0.25, 0.3) is 0 Å². The number of carbonyl (C=O) groups excluding carboxylic acids is 1. The smallest absolute Gasteiger partial charge is 0.146 e. The summed E-state index contributed by atoms with van der Waals surface area (Å²) in [7, 11) is 0. The van der Waals surface area contributed by atoms with Gasteiger partial charge < -0.3 is 0 Å². The standard InChI is InChI=1S/C13H14OS2/c14-12-8-15-7-10(12)6-11-5-9-3-1-2-4-13(9)16-11/h1-4,10-11H,5-8H2. The first-order valence-corrected chi connectivity index (χ1v) is 7.71. The zero-order chi connectivity index (χ0) is 11.0. The van der Waals surface area contributed by atoms with Crippen molar-refractivity contribution >= 4 is 29.3 Å². The lowest BCUT2D eigenvalue weighted by molar-refractivity contribution is -0.119. The van der Waals surface area contributed by atoms with E-state index in [4.69, 9.17) is 0 Å². The molecule has 0 aliphatic carbocycles. The average molecular weight is 250 g/mol. The Morgan fingerprint density at radius 1 is 1.31 bits per heavy atom. The number of thioether (sulfide) groups is 2. The molecule has 0 bridgehead atoms. The summed E-state index contributed by atoms with van der Waals surface area (Å²) in [6.07, 6.45) is 2.22. The molecule has 0 N–H and O–H groups in total. The number of rotatable bonds is 2. The van der Waals surface area contributed by atoms with Crippen molar-refractivity contribution in [3.63, 3.8) is 0 Å². The first-order valence-electron chi connectivity index (χ1n) is 5.68. The first-order chi connectivity index (χ1) is 7.83. The summed E-state index contributed by atoms with van der Waals surface area (Å²) in [5.74, 6) is 2.60. The molecule has 2 aliphatic rings. The van der Waals surface area contributed by atoms with E-state index >= 15 is 0 Å². The molecular weight excluding hydrogens is 236 g/mol. The maximum Gasteiger partial charge on any atom is 0.146 e. The highest BCUT2D eigenvalue weighted by Crippen LogP contribution is 2.40. The van der Waals surface area contributed by atoms with Crippen LogP contribution in [0.2, 0.25) is 0 Å². The summed E-state index contributed by atoms with van der Waals surface area (Å²) in [5.41, 5.74) is 1.47. The van der Waals surface area contributed by atoms with E-state index in [1.807, 2.05) is 11.8 Å². The van der Waals surface area contributed by atoms with Crippen molar-refractivity contribution in [1.82, 2.24) is 0 Å². The molecule has 3 heteroatoms. The van der Waals surface area contributed by atoms with Crippen LogP contribution in [0.4, 0.5) is 0 Å². The molecule has 1 aromatic rings. The van der Waals surface area contributed by atoms with E-state index in [0.29, 0.717) is 17.0 Å². The third kappa shape index (κ3) is 2.03. The van der Waals surface area contributed by atoms with Crippen LogP contribution in [0.15, 0.2) is 29.2 Å². The Labute approximate surface area is 104 Å². The molecule has 1 saturated heterocycles. The first kappa shape index (κ1) is 10.7. The molecule has 2 heterocycles. The maximum absolute atomic E-state index is 11.6. The Balaban J connectivity index is 1.66. The van der Waals surface area contributed by atoms with Gasteiger partial charge in [-0.05, 0) is 24.5 Å². The van der Waals surface area contributed by atoms with E-state index in [1.165, 1.54) is 10.5 Å². The summed E-state index contributed by atoms with van der Waals surface area (Å²) in [6.45, 7) is 0. The van der Waals surface area contributed by atoms with Crippen molar-refractivity contribution in [2.45, 2.75) is 23.0 Å². The van der Waals surface area contributed by atoms with E-state index in [2.05, 4.69) is 24.3 Å². The molecule has 0 spiro atoms. The van der Waals surface area contributed by atoms with Crippen LogP contribution in [0.5, 0.6) is 0 Å². The van der Waals surface area contributed by atoms with Crippen molar-refractivity contribution in [2.75, 3.05) is 11.5 Å². The topological polar surface area (TPSA) is 17.1 Å². The fourth-order valence-corrected chi connectivity index (χ4v) is 4.99. The predicted octanol–water partition coefficient (Wildman–Crippen LogP) is 3.03. The zero-order valence-corrected chi connectivity index (χ0v) is 10.7. The fraction of sp³-hybridized carbons (Fsp3) is 0.462. The quantitative estimate of drug-likeness (QED) is 0.803. The third-order valence-corrected chi connectivity index (χ3v) is 5.75. The van der Waals surface area contributed by atoms with Gasteiger partial charge in [-0.1, -0.05) is 18.2 Å². The summed E-state index contributed by atoms with van der Waals surface area (Å²) in [5, 5.41) is 0.630. The van der Waals surface area contributed by atoms with E-state index in [1.54, 1.807) is 11.8 Å². The fourth-order valence-electron chi connectivity index (χ4n) is 2.41. The van der Waals surface area contributed by atoms with Gasteiger partial charge in [0.2, 0.25) is 0 Å². The van der Waals surface area contributed by atoms with Crippen LogP contribution in [0, 0.1) is 5.92 Å². The number of Topliss-reactive ketones (excluding diaryl/α,β-unsaturated/α-hetero) is 1. The second kappa shape index (κ2) is 4.46. The molecule has 2 atom stereocenters. The Morgan fingerprint density at radius 3 is 2.94 bits per heavy atom. The molecule has 2 unspecified atom stereocenters. The number of carbonyl (C=O) groups is 1. The zero-order valence-electron chi connectivity index (χ0n) is 9.02.